The van der Waals surface area contributed by atoms with Crippen LogP contribution in [0.3, 0.4) is 0 Å². The van der Waals surface area contributed by atoms with E-state index in [9.17, 15) is 5.11 Å². The highest BCUT2D eigenvalue weighted by Gasteiger charge is 2.06. The molecule has 1 atom stereocenters. The van der Waals surface area contributed by atoms with Crippen molar-refractivity contribution in [3.63, 3.8) is 0 Å². The van der Waals surface area contributed by atoms with Crippen molar-refractivity contribution in [3.05, 3.63) is 64.7 Å². The molecule has 3 nitrogen and oxygen atoms in total. The lowest BCUT2D eigenvalue weighted by Gasteiger charge is -2.12. The highest BCUT2D eigenvalue weighted by molar-refractivity contribution is 6.30. The summed E-state index contributed by atoms with van der Waals surface area (Å²) >= 11 is 6.15. The third-order valence-electron chi connectivity index (χ3n) is 3.83. The van der Waals surface area contributed by atoms with Crippen molar-refractivity contribution in [2.24, 2.45) is 0 Å². The molecule has 4 heteroatoms. The fourth-order valence-corrected chi connectivity index (χ4v) is 2.77. The van der Waals surface area contributed by atoms with Crippen molar-refractivity contribution in [2.75, 3.05) is 19.7 Å². The Morgan fingerprint density at radius 1 is 1.12 bits per heavy atom. The lowest BCUT2D eigenvalue weighted by Crippen LogP contribution is -2.86. The number of ether oxygens (including phenoxy) is 1. The van der Waals surface area contributed by atoms with Gasteiger partial charge >= 0.3 is 0 Å². The number of hydrogen-bond acceptors (Lipinski definition) is 2. The van der Waals surface area contributed by atoms with E-state index in [1.165, 1.54) is 5.56 Å². The summed E-state index contributed by atoms with van der Waals surface area (Å²) in [6.07, 6.45) is 2.66. The smallest absolute Gasteiger partial charge is 0.122 e. The van der Waals surface area contributed by atoms with E-state index in [1.54, 1.807) is 0 Å². The number of hydrogen-bond donors (Lipinski definition) is 2. The first-order valence-corrected chi connectivity index (χ1v) is 8.98. The van der Waals surface area contributed by atoms with Gasteiger partial charge in [0.15, 0.2) is 0 Å². The average Bonchev–Trinajstić information content (AvgIpc) is 2.56. The quantitative estimate of drug-likeness (QED) is 0.648. The van der Waals surface area contributed by atoms with Gasteiger partial charge in [-0.05, 0) is 49.1 Å². The van der Waals surface area contributed by atoms with Gasteiger partial charge in [0, 0.05) is 11.4 Å². The maximum Gasteiger partial charge on any atom is 0.122 e. The van der Waals surface area contributed by atoms with Crippen LogP contribution in [0.5, 0.6) is 5.75 Å². The van der Waals surface area contributed by atoms with E-state index in [0.717, 1.165) is 48.7 Å². The van der Waals surface area contributed by atoms with E-state index in [-0.39, 0.29) is 6.10 Å². The predicted molar refractivity (Wildman–Crippen MR) is 98.8 cm³/mol. The van der Waals surface area contributed by atoms with E-state index >= 15 is 0 Å². The highest BCUT2D eigenvalue weighted by Crippen LogP contribution is 2.25. The van der Waals surface area contributed by atoms with Crippen LogP contribution in [0.25, 0.3) is 0 Å². The summed E-state index contributed by atoms with van der Waals surface area (Å²) in [5.74, 6) is 0.913. The van der Waals surface area contributed by atoms with Gasteiger partial charge < -0.3 is 15.2 Å². The number of nitrogens with two attached hydrogens (primary N) is 1. The molecule has 3 N–H and O–H groups in total. The van der Waals surface area contributed by atoms with Crippen molar-refractivity contribution in [1.29, 1.82) is 0 Å². The van der Waals surface area contributed by atoms with Gasteiger partial charge in [-0.1, -0.05) is 41.9 Å². The number of aliphatic hydroxyl groups is 1. The van der Waals surface area contributed by atoms with Crippen molar-refractivity contribution >= 4 is 11.6 Å². The molecule has 0 aromatic heterocycles. The molecule has 2 aromatic rings. The highest BCUT2D eigenvalue weighted by atomic mass is 35.5. The number of quaternary nitrogens is 1. The Hall–Kier alpha value is -1.55. The third kappa shape index (κ3) is 6.91. The second kappa shape index (κ2) is 10.3. The largest absolute Gasteiger partial charge is 0.493 e. The number of aliphatic hydroxyl groups excluding tert-OH is 1. The first-order valence-electron chi connectivity index (χ1n) is 8.60. The topological polar surface area (TPSA) is 46.1 Å². The Morgan fingerprint density at radius 2 is 1.92 bits per heavy atom. The predicted octanol–water partition coefficient (Wildman–Crippen LogP) is 3.03. The van der Waals surface area contributed by atoms with Gasteiger partial charge in [0.1, 0.15) is 12.3 Å². The Kier molecular flexibility index (Phi) is 8.10. The van der Waals surface area contributed by atoms with Crippen molar-refractivity contribution in [2.45, 2.75) is 32.3 Å². The van der Waals surface area contributed by atoms with E-state index in [1.807, 2.05) is 43.3 Å². The summed E-state index contributed by atoms with van der Waals surface area (Å²) in [6.45, 7) is 4.30. The van der Waals surface area contributed by atoms with Crippen LogP contribution in [0.2, 0.25) is 5.02 Å². The Labute approximate surface area is 149 Å². The van der Waals surface area contributed by atoms with Crippen LogP contribution >= 0.6 is 11.6 Å². The molecule has 0 spiro atoms. The number of halogens is 1. The van der Waals surface area contributed by atoms with Gasteiger partial charge in [0.05, 0.1) is 19.3 Å². The SMILES string of the molecule is C[C@H](O)C[NH2+]CCCCOc1ccc(Cl)cc1Cc1ccccc1. The minimum Gasteiger partial charge on any atom is -0.493 e. The van der Waals surface area contributed by atoms with Gasteiger partial charge in [0.2, 0.25) is 0 Å². The molecule has 130 valence electrons. The van der Waals surface area contributed by atoms with Crippen LogP contribution < -0.4 is 10.1 Å². The Morgan fingerprint density at radius 3 is 2.67 bits per heavy atom. The second-order valence-electron chi connectivity index (χ2n) is 6.13. The maximum atomic E-state index is 9.21. The van der Waals surface area contributed by atoms with Gasteiger partial charge in [-0.25, -0.2) is 0 Å². The lowest BCUT2D eigenvalue weighted by atomic mass is 10.0. The zero-order valence-electron chi connectivity index (χ0n) is 14.2. The summed E-state index contributed by atoms with van der Waals surface area (Å²) in [5.41, 5.74) is 2.37. The molecule has 0 aliphatic rings. The molecule has 0 unspecified atom stereocenters. The molecule has 0 radical (unpaired) electrons. The Bertz CT molecular complexity index is 602. The fraction of sp³-hybridized carbons (Fsp3) is 0.400. The molecule has 0 aliphatic heterocycles. The first-order chi connectivity index (χ1) is 11.6. The van der Waals surface area contributed by atoms with Crippen molar-refractivity contribution in [3.8, 4) is 5.75 Å². The molecule has 0 aliphatic carbocycles. The van der Waals surface area contributed by atoms with Gasteiger partial charge in [-0.2, -0.15) is 0 Å². The van der Waals surface area contributed by atoms with Gasteiger partial charge in [-0.15, -0.1) is 0 Å². The zero-order chi connectivity index (χ0) is 17.2. The van der Waals surface area contributed by atoms with Crippen LogP contribution in [0.4, 0.5) is 0 Å². The number of rotatable bonds is 10. The molecule has 2 aromatic carbocycles. The van der Waals surface area contributed by atoms with Crippen LogP contribution in [0, 0.1) is 0 Å². The standard InChI is InChI=1S/C20H26ClNO2/c1-16(23)15-22-11-5-6-12-24-20-10-9-19(21)14-18(20)13-17-7-3-2-4-8-17/h2-4,7-10,14,16,22-23H,5-6,11-13,15H2,1H3/p+1/t16-/m0/s1. The molecule has 0 bridgehead atoms. The van der Waals surface area contributed by atoms with Crippen LogP contribution in [-0.2, 0) is 6.42 Å². The van der Waals surface area contributed by atoms with E-state index < -0.39 is 0 Å². The molecule has 2 rings (SSSR count). The summed E-state index contributed by atoms with van der Waals surface area (Å²) in [7, 11) is 0. The van der Waals surface area contributed by atoms with Crippen molar-refractivity contribution in [1.82, 2.24) is 0 Å². The minimum atomic E-state index is -0.240. The van der Waals surface area contributed by atoms with Crippen LogP contribution in [0.15, 0.2) is 48.5 Å². The Balaban J connectivity index is 1.82. The summed E-state index contributed by atoms with van der Waals surface area (Å²) in [4.78, 5) is 0. The molecule has 0 saturated heterocycles. The summed E-state index contributed by atoms with van der Waals surface area (Å²) < 4.78 is 5.97. The van der Waals surface area contributed by atoms with E-state index in [2.05, 4.69) is 17.4 Å². The van der Waals surface area contributed by atoms with Crippen LogP contribution in [-0.4, -0.2) is 30.9 Å². The van der Waals surface area contributed by atoms with Crippen LogP contribution in [0.1, 0.15) is 30.9 Å². The second-order valence-corrected chi connectivity index (χ2v) is 6.57. The zero-order valence-corrected chi connectivity index (χ0v) is 15.0. The third-order valence-corrected chi connectivity index (χ3v) is 4.06. The first kappa shape index (κ1) is 18.8. The van der Waals surface area contributed by atoms with Gasteiger partial charge in [-0.3, -0.25) is 0 Å². The lowest BCUT2D eigenvalue weighted by molar-refractivity contribution is -0.660. The molecule has 0 fully saturated rings. The van der Waals surface area contributed by atoms with E-state index in [0.29, 0.717) is 6.61 Å². The molecular formula is C20H27ClNO2+. The molecule has 0 heterocycles. The minimum absolute atomic E-state index is 0.240. The molecule has 0 amide bonds. The molecular weight excluding hydrogens is 322 g/mol. The summed E-state index contributed by atoms with van der Waals surface area (Å²) in [6, 6.07) is 16.2. The van der Waals surface area contributed by atoms with E-state index in [4.69, 9.17) is 16.3 Å². The normalized spacial score (nSPS) is 12.1. The average molecular weight is 349 g/mol. The number of benzene rings is 2. The number of unbranched alkanes of at least 4 members (excludes halogenated alkanes) is 1. The maximum absolute atomic E-state index is 9.21. The summed E-state index contributed by atoms with van der Waals surface area (Å²) in [5, 5.41) is 12.1. The van der Waals surface area contributed by atoms with Crippen molar-refractivity contribution < 1.29 is 15.2 Å². The molecule has 24 heavy (non-hydrogen) atoms. The van der Waals surface area contributed by atoms with Gasteiger partial charge in [0.25, 0.3) is 0 Å². The monoisotopic (exact) mass is 348 g/mol. The fourth-order valence-electron chi connectivity index (χ4n) is 2.57. The molecule has 0 saturated carbocycles.